The maximum atomic E-state index is 13.0. The van der Waals surface area contributed by atoms with Gasteiger partial charge in [-0.1, -0.05) is 12.1 Å². The first kappa shape index (κ1) is 34.2. The average molecular weight is 621 g/mol. The summed E-state index contributed by atoms with van der Waals surface area (Å²) in [6, 6.07) is 14.7. The van der Waals surface area contributed by atoms with Crippen LogP contribution >= 0.6 is 24.8 Å². The van der Waals surface area contributed by atoms with Gasteiger partial charge in [0.2, 0.25) is 0 Å². The quantitative estimate of drug-likeness (QED) is 0.218. The van der Waals surface area contributed by atoms with Gasteiger partial charge in [-0.25, -0.2) is 4.79 Å². The number of nitrogens with zero attached hydrogens (tertiary/aromatic N) is 1. The lowest BCUT2D eigenvalue weighted by atomic mass is 10.0. The molecule has 1 heterocycles. The summed E-state index contributed by atoms with van der Waals surface area (Å²) in [5.74, 6) is -1.36. The van der Waals surface area contributed by atoms with E-state index in [1.165, 1.54) is 55.6 Å². The number of phenols is 2. The Morgan fingerprint density at radius 3 is 2.21 bits per heavy atom. The van der Waals surface area contributed by atoms with Crippen molar-refractivity contribution in [3.8, 4) is 17.2 Å². The molecule has 1 saturated heterocycles. The summed E-state index contributed by atoms with van der Waals surface area (Å²) in [6.45, 7) is 1.12. The van der Waals surface area contributed by atoms with Crippen LogP contribution in [0.1, 0.15) is 49.5 Å². The normalized spacial score (nSPS) is 16.1. The third-order valence-corrected chi connectivity index (χ3v) is 6.80. The Hall–Kier alpha value is -3.99. The number of esters is 1. The third kappa shape index (κ3) is 8.06. The van der Waals surface area contributed by atoms with Crippen molar-refractivity contribution >= 4 is 48.2 Å². The molecule has 12 heteroatoms. The van der Waals surface area contributed by atoms with Gasteiger partial charge in [0.15, 0.2) is 17.3 Å². The van der Waals surface area contributed by atoms with Crippen molar-refractivity contribution in [3.05, 3.63) is 82.9 Å². The van der Waals surface area contributed by atoms with Crippen molar-refractivity contribution in [1.29, 1.82) is 0 Å². The highest BCUT2D eigenvalue weighted by Crippen LogP contribution is 2.27. The molecule has 4 N–H and O–H groups in total. The number of rotatable bonds is 8. The van der Waals surface area contributed by atoms with Crippen LogP contribution < -0.4 is 20.3 Å². The van der Waals surface area contributed by atoms with Gasteiger partial charge < -0.3 is 35.2 Å². The summed E-state index contributed by atoms with van der Waals surface area (Å²) in [7, 11) is 5.08. The molecule has 3 aromatic rings. The molecular formula is C30H35Cl2N3O7. The Kier molecular flexibility index (Phi) is 12.5. The fourth-order valence-corrected chi connectivity index (χ4v) is 4.48. The smallest absolute Gasteiger partial charge is 0.338 e. The number of methoxy groups -OCH3 is 1. The molecule has 1 amide bonds. The molecule has 1 fully saturated rings. The number of hydrogen-bond donors (Lipinski definition) is 4. The second-order valence-electron chi connectivity index (χ2n) is 9.76. The first-order chi connectivity index (χ1) is 19.2. The number of carbonyl (C=O) groups excluding carboxylic acids is 3. The van der Waals surface area contributed by atoms with E-state index in [1.54, 1.807) is 12.1 Å². The Labute approximate surface area is 256 Å². The molecule has 0 aromatic heterocycles. The third-order valence-electron chi connectivity index (χ3n) is 6.80. The largest absolute Gasteiger partial charge is 0.507 e. The number of benzene rings is 3. The van der Waals surface area contributed by atoms with E-state index in [9.17, 15) is 24.6 Å². The van der Waals surface area contributed by atoms with Crippen molar-refractivity contribution in [3.63, 3.8) is 0 Å². The number of amides is 1. The molecule has 42 heavy (non-hydrogen) atoms. The predicted molar refractivity (Wildman–Crippen MR) is 164 cm³/mol. The molecule has 2 atom stereocenters. The number of nitrogens with one attached hydrogen (secondary N) is 2. The predicted octanol–water partition coefficient (Wildman–Crippen LogP) is 3.95. The molecule has 0 radical (unpaired) electrons. The average Bonchev–Trinajstić information content (AvgIpc) is 3.17. The van der Waals surface area contributed by atoms with Crippen LogP contribution in [-0.4, -0.2) is 74.3 Å². The summed E-state index contributed by atoms with van der Waals surface area (Å²) in [5.41, 5.74) is 1.80. The van der Waals surface area contributed by atoms with Crippen LogP contribution in [0.2, 0.25) is 0 Å². The molecular weight excluding hydrogens is 585 g/mol. The molecule has 0 bridgehead atoms. The SMILES string of the molecule is COc1cc(C(=O)N[C@@H]2CNCCC[C@H]2OC(=O)c2ccc(C(=O)c3cc(N(C)C)ccc3O)cc2)ccc1O.Cl.Cl. The van der Waals surface area contributed by atoms with Crippen molar-refractivity contribution in [2.45, 2.75) is 25.0 Å². The maximum Gasteiger partial charge on any atom is 0.338 e. The van der Waals surface area contributed by atoms with Crippen LogP contribution in [0.15, 0.2) is 60.7 Å². The van der Waals surface area contributed by atoms with Crippen molar-refractivity contribution < 1.29 is 34.1 Å². The van der Waals surface area contributed by atoms with Crippen LogP contribution in [-0.2, 0) is 4.74 Å². The summed E-state index contributed by atoms with van der Waals surface area (Å²) in [4.78, 5) is 40.8. The molecule has 1 aliphatic rings. The van der Waals surface area contributed by atoms with Gasteiger partial charge in [-0.2, -0.15) is 0 Å². The number of ether oxygens (including phenoxy) is 2. The van der Waals surface area contributed by atoms with E-state index < -0.39 is 24.0 Å². The van der Waals surface area contributed by atoms with E-state index >= 15 is 0 Å². The zero-order chi connectivity index (χ0) is 28.8. The lowest BCUT2D eigenvalue weighted by Crippen LogP contribution is -2.49. The summed E-state index contributed by atoms with van der Waals surface area (Å²) >= 11 is 0. The molecule has 4 rings (SSSR count). The molecule has 0 aliphatic carbocycles. The Morgan fingerprint density at radius 2 is 1.55 bits per heavy atom. The summed E-state index contributed by atoms with van der Waals surface area (Å²) in [5, 5.41) is 26.2. The van der Waals surface area contributed by atoms with E-state index in [-0.39, 0.29) is 59.0 Å². The van der Waals surface area contributed by atoms with Gasteiger partial charge in [0, 0.05) is 37.5 Å². The zero-order valence-electron chi connectivity index (χ0n) is 23.5. The van der Waals surface area contributed by atoms with Crippen LogP contribution in [0.25, 0.3) is 0 Å². The fourth-order valence-electron chi connectivity index (χ4n) is 4.48. The highest BCUT2D eigenvalue weighted by atomic mass is 35.5. The monoisotopic (exact) mass is 619 g/mol. The Morgan fingerprint density at radius 1 is 0.905 bits per heavy atom. The number of phenolic OH excluding ortho intramolecular Hbond substituents is 2. The maximum absolute atomic E-state index is 13.0. The molecule has 0 saturated carbocycles. The van der Waals surface area contributed by atoms with E-state index in [0.717, 1.165) is 12.1 Å². The highest BCUT2D eigenvalue weighted by molar-refractivity contribution is 6.11. The minimum Gasteiger partial charge on any atom is -0.507 e. The fraction of sp³-hybridized carbons (Fsp3) is 0.300. The van der Waals surface area contributed by atoms with Crippen LogP contribution in [0.5, 0.6) is 17.2 Å². The Bertz CT molecular complexity index is 1400. The van der Waals surface area contributed by atoms with Crippen LogP contribution in [0.3, 0.4) is 0 Å². The van der Waals surface area contributed by atoms with E-state index in [4.69, 9.17) is 9.47 Å². The van der Waals surface area contributed by atoms with Crippen molar-refractivity contribution in [2.24, 2.45) is 0 Å². The van der Waals surface area contributed by atoms with Gasteiger partial charge in [-0.05, 0) is 67.9 Å². The number of ketones is 1. The van der Waals surface area contributed by atoms with E-state index in [0.29, 0.717) is 30.6 Å². The van der Waals surface area contributed by atoms with Gasteiger partial charge in [0.1, 0.15) is 11.9 Å². The number of hydrogen-bond acceptors (Lipinski definition) is 9. The van der Waals surface area contributed by atoms with E-state index in [2.05, 4.69) is 10.6 Å². The van der Waals surface area contributed by atoms with Crippen LogP contribution in [0, 0.1) is 0 Å². The minimum atomic E-state index is -0.586. The Balaban J connectivity index is 0.00000308. The first-order valence-corrected chi connectivity index (χ1v) is 12.9. The molecule has 1 aliphatic heterocycles. The van der Waals surface area contributed by atoms with Crippen molar-refractivity contribution in [2.75, 3.05) is 39.2 Å². The number of halogens is 2. The summed E-state index contributed by atoms with van der Waals surface area (Å²) in [6.07, 6.45) is 0.707. The summed E-state index contributed by atoms with van der Waals surface area (Å²) < 4.78 is 10.9. The van der Waals surface area contributed by atoms with Gasteiger partial charge >= 0.3 is 5.97 Å². The number of aromatic hydroxyl groups is 2. The zero-order valence-corrected chi connectivity index (χ0v) is 25.1. The molecule has 0 spiro atoms. The standard InChI is InChI=1S/C30H33N3O7.2ClH/c1-33(2)21-11-13-24(34)22(16-21)28(36)18-6-8-19(9-7-18)30(38)40-26-5-4-14-31-17-23(26)32-29(37)20-10-12-25(35)27(15-20)39-3;;/h6-13,15-16,23,26,31,34-35H,4-5,14,17H2,1-3H3,(H,32,37);2*1H/t23-,26-;;/m1../s1. The molecule has 226 valence electrons. The number of anilines is 1. The molecule has 10 nitrogen and oxygen atoms in total. The molecule has 3 aromatic carbocycles. The second-order valence-corrected chi connectivity index (χ2v) is 9.76. The minimum absolute atomic E-state index is 0. The molecule has 0 unspecified atom stereocenters. The van der Waals surface area contributed by atoms with Crippen molar-refractivity contribution in [1.82, 2.24) is 10.6 Å². The van der Waals surface area contributed by atoms with Gasteiger partial charge in [0.05, 0.1) is 24.3 Å². The number of carbonyl (C=O) groups is 3. The van der Waals surface area contributed by atoms with Gasteiger partial charge in [-0.15, -0.1) is 24.8 Å². The topological polar surface area (TPSA) is 137 Å². The first-order valence-electron chi connectivity index (χ1n) is 12.9. The highest BCUT2D eigenvalue weighted by Gasteiger charge is 2.29. The lowest BCUT2D eigenvalue weighted by molar-refractivity contribution is 0.0192. The van der Waals surface area contributed by atoms with Gasteiger partial charge in [-0.3, -0.25) is 9.59 Å². The van der Waals surface area contributed by atoms with Gasteiger partial charge in [0.25, 0.3) is 5.91 Å². The lowest BCUT2D eigenvalue weighted by Gasteiger charge is -2.26. The second kappa shape index (κ2) is 15.3. The van der Waals surface area contributed by atoms with E-state index in [1.807, 2.05) is 19.0 Å². The van der Waals surface area contributed by atoms with Crippen LogP contribution in [0.4, 0.5) is 5.69 Å².